The van der Waals surface area contributed by atoms with Crippen LogP contribution in [-0.4, -0.2) is 51.8 Å². The van der Waals surface area contributed by atoms with Crippen molar-refractivity contribution in [1.29, 1.82) is 0 Å². The van der Waals surface area contributed by atoms with Crippen LogP contribution < -0.4 is 10.6 Å². The Kier molecular flexibility index (Phi) is 7.60. The Labute approximate surface area is 220 Å². The molecule has 1 fully saturated rings. The van der Waals surface area contributed by atoms with Crippen LogP contribution in [0.25, 0.3) is 0 Å². The fraction of sp³-hybridized carbons (Fsp3) is 0.370. The number of aryl methyl sites for hydroxylation is 1. The fourth-order valence-electron chi connectivity index (χ4n) is 4.98. The average molecular weight is 526 g/mol. The van der Waals surface area contributed by atoms with E-state index in [0.29, 0.717) is 40.2 Å². The van der Waals surface area contributed by atoms with Crippen molar-refractivity contribution in [3.8, 4) is 0 Å². The molecule has 7 nitrogen and oxygen atoms in total. The Morgan fingerprint density at radius 3 is 2.56 bits per heavy atom. The zero-order valence-electron chi connectivity index (χ0n) is 20.0. The molecular formula is C27H29Cl2N5O2. The first kappa shape index (κ1) is 24.8. The molecule has 1 saturated heterocycles. The SMILES string of the molecule is O=C(CNc1nc2n(c1C(=O)NC1CCN(Cc3c(Cl)cccc3Cl)C1)CCCC2)c1ccccc1. The van der Waals surface area contributed by atoms with Crippen LogP contribution in [0.15, 0.2) is 48.5 Å². The van der Waals surface area contributed by atoms with Crippen molar-refractivity contribution < 1.29 is 9.59 Å². The highest BCUT2D eigenvalue weighted by atomic mass is 35.5. The van der Waals surface area contributed by atoms with Crippen molar-refractivity contribution in [3.63, 3.8) is 0 Å². The molecule has 2 aliphatic rings. The molecule has 9 heteroatoms. The summed E-state index contributed by atoms with van der Waals surface area (Å²) in [4.78, 5) is 33.1. The van der Waals surface area contributed by atoms with Gasteiger partial charge in [0.05, 0.1) is 6.54 Å². The van der Waals surface area contributed by atoms with Crippen LogP contribution in [0, 0.1) is 0 Å². The van der Waals surface area contributed by atoms with E-state index in [0.717, 1.165) is 50.2 Å². The van der Waals surface area contributed by atoms with E-state index in [2.05, 4.69) is 15.5 Å². The molecule has 1 atom stereocenters. The maximum atomic E-state index is 13.5. The number of imidazole rings is 1. The molecule has 0 bridgehead atoms. The van der Waals surface area contributed by atoms with Crippen LogP contribution in [0.5, 0.6) is 0 Å². The highest BCUT2D eigenvalue weighted by Crippen LogP contribution is 2.28. The number of carbonyl (C=O) groups is 2. The number of fused-ring (bicyclic) bond motifs is 1. The first-order chi connectivity index (χ1) is 17.5. The third-order valence-electron chi connectivity index (χ3n) is 6.86. The van der Waals surface area contributed by atoms with Crippen molar-refractivity contribution in [2.75, 3.05) is 25.0 Å². The molecule has 3 heterocycles. The minimum Gasteiger partial charge on any atom is -0.361 e. The maximum Gasteiger partial charge on any atom is 0.272 e. The minimum absolute atomic E-state index is 0.00676. The Balaban J connectivity index is 1.26. The number of nitrogens with one attached hydrogen (secondary N) is 2. The summed E-state index contributed by atoms with van der Waals surface area (Å²) in [5, 5.41) is 7.66. The smallest absolute Gasteiger partial charge is 0.272 e. The highest BCUT2D eigenvalue weighted by molar-refractivity contribution is 6.35. The highest BCUT2D eigenvalue weighted by Gasteiger charge is 2.30. The average Bonchev–Trinajstić information content (AvgIpc) is 3.49. The lowest BCUT2D eigenvalue weighted by Gasteiger charge is -2.20. The number of amides is 1. The van der Waals surface area contributed by atoms with Gasteiger partial charge in [0.15, 0.2) is 17.3 Å². The molecule has 2 aromatic carbocycles. The lowest BCUT2D eigenvalue weighted by atomic mass is 10.1. The number of rotatable bonds is 8. The number of anilines is 1. The van der Waals surface area contributed by atoms with Crippen molar-refractivity contribution in [2.45, 2.75) is 44.8 Å². The number of nitrogens with zero attached hydrogens (tertiary/aromatic N) is 3. The topological polar surface area (TPSA) is 79.3 Å². The molecule has 0 aliphatic carbocycles. The van der Waals surface area contributed by atoms with Crippen LogP contribution in [0.1, 0.15) is 51.5 Å². The zero-order chi connectivity index (χ0) is 25.1. The van der Waals surface area contributed by atoms with Gasteiger partial charge in [-0.1, -0.05) is 59.6 Å². The Morgan fingerprint density at radius 1 is 1.00 bits per heavy atom. The molecule has 2 aliphatic heterocycles. The summed E-state index contributed by atoms with van der Waals surface area (Å²) in [5.74, 6) is 1.17. The van der Waals surface area contributed by atoms with Crippen LogP contribution in [0.4, 0.5) is 5.82 Å². The van der Waals surface area contributed by atoms with E-state index in [1.54, 1.807) is 12.1 Å². The van der Waals surface area contributed by atoms with Crippen molar-refractivity contribution in [1.82, 2.24) is 19.8 Å². The summed E-state index contributed by atoms with van der Waals surface area (Å²) in [5.41, 5.74) is 2.05. The predicted octanol–water partition coefficient (Wildman–Crippen LogP) is 4.83. The summed E-state index contributed by atoms with van der Waals surface area (Å²) >= 11 is 12.7. The fourth-order valence-corrected chi connectivity index (χ4v) is 5.50. The van der Waals surface area contributed by atoms with Crippen molar-refractivity contribution >= 4 is 40.7 Å². The van der Waals surface area contributed by atoms with Gasteiger partial charge in [-0.05, 0) is 31.4 Å². The molecule has 0 saturated carbocycles. The second-order valence-electron chi connectivity index (χ2n) is 9.37. The molecule has 1 aromatic heterocycles. The van der Waals surface area contributed by atoms with E-state index in [1.807, 2.05) is 41.0 Å². The summed E-state index contributed by atoms with van der Waals surface area (Å²) in [6.45, 7) is 3.02. The molecule has 1 unspecified atom stereocenters. The largest absolute Gasteiger partial charge is 0.361 e. The lowest BCUT2D eigenvalue weighted by Crippen LogP contribution is -2.38. The number of hydrogen-bond donors (Lipinski definition) is 2. The number of halogens is 2. The molecule has 0 radical (unpaired) electrons. The zero-order valence-corrected chi connectivity index (χ0v) is 21.5. The van der Waals surface area contributed by atoms with Gasteiger partial charge in [0, 0.05) is 59.8 Å². The van der Waals surface area contributed by atoms with E-state index in [-0.39, 0.29) is 24.3 Å². The van der Waals surface area contributed by atoms with Crippen LogP contribution in [-0.2, 0) is 19.5 Å². The molecule has 36 heavy (non-hydrogen) atoms. The van der Waals surface area contributed by atoms with Crippen molar-refractivity contribution in [3.05, 3.63) is 81.2 Å². The molecule has 2 N–H and O–H groups in total. The van der Waals surface area contributed by atoms with Gasteiger partial charge < -0.3 is 15.2 Å². The molecule has 188 valence electrons. The number of ketones is 1. The maximum absolute atomic E-state index is 13.5. The van der Waals surface area contributed by atoms with Crippen LogP contribution in [0.3, 0.4) is 0 Å². The number of likely N-dealkylation sites (tertiary alicyclic amines) is 1. The van der Waals surface area contributed by atoms with Crippen LogP contribution >= 0.6 is 23.2 Å². The van der Waals surface area contributed by atoms with Gasteiger partial charge in [0.2, 0.25) is 0 Å². The predicted molar refractivity (Wildman–Crippen MR) is 142 cm³/mol. The molecule has 0 spiro atoms. The number of benzene rings is 2. The first-order valence-corrected chi connectivity index (χ1v) is 13.1. The van der Waals surface area contributed by atoms with Gasteiger partial charge in [0.1, 0.15) is 5.82 Å². The van der Waals surface area contributed by atoms with Crippen molar-refractivity contribution in [2.24, 2.45) is 0 Å². The number of Topliss-reactive ketones (excluding diaryl/α,β-unsaturated/α-hetero) is 1. The van der Waals surface area contributed by atoms with Gasteiger partial charge in [-0.3, -0.25) is 14.5 Å². The van der Waals surface area contributed by atoms with Gasteiger partial charge in [-0.2, -0.15) is 0 Å². The standard InChI is InChI=1S/C27H29Cl2N5O2/c28-21-9-6-10-22(29)20(21)17-33-14-12-19(16-33)31-27(36)25-26(32-24-11-4-5-13-34(24)25)30-15-23(35)18-7-2-1-3-8-18/h1-3,6-10,19,30H,4-5,11-17H2,(H,31,36). The minimum atomic E-state index is -0.159. The molecular weight excluding hydrogens is 497 g/mol. The summed E-state index contributed by atoms with van der Waals surface area (Å²) in [6, 6.07) is 14.7. The van der Waals surface area contributed by atoms with Gasteiger partial charge in [-0.25, -0.2) is 4.98 Å². The normalized spacial score (nSPS) is 17.6. The molecule has 1 amide bonds. The Bertz CT molecular complexity index is 1240. The third-order valence-corrected chi connectivity index (χ3v) is 7.57. The van der Waals surface area contributed by atoms with Crippen LogP contribution in [0.2, 0.25) is 10.0 Å². The molecule has 3 aromatic rings. The lowest BCUT2D eigenvalue weighted by molar-refractivity contribution is 0.0926. The number of carbonyl (C=O) groups excluding carboxylic acids is 2. The van der Waals surface area contributed by atoms with Gasteiger partial charge >= 0.3 is 0 Å². The quantitative estimate of drug-likeness (QED) is 0.412. The second kappa shape index (κ2) is 11.0. The third kappa shape index (κ3) is 5.43. The Hall–Kier alpha value is -2.87. The van der Waals surface area contributed by atoms with E-state index in [1.165, 1.54) is 0 Å². The number of aromatic nitrogens is 2. The summed E-state index contributed by atoms with van der Waals surface area (Å²) < 4.78 is 2.00. The summed E-state index contributed by atoms with van der Waals surface area (Å²) in [6.07, 6.45) is 3.71. The van der Waals surface area contributed by atoms with E-state index < -0.39 is 0 Å². The van der Waals surface area contributed by atoms with E-state index in [4.69, 9.17) is 28.2 Å². The van der Waals surface area contributed by atoms with E-state index >= 15 is 0 Å². The Morgan fingerprint density at radius 2 is 1.78 bits per heavy atom. The summed E-state index contributed by atoms with van der Waals surface area (Å²) in [7, 11) is 0. The number of hydrogen-bond acceptors (Lipinski definition) is 5. The molecule has 5 rings (SSSR count). The van der Waals surface area contributed by atoms with Gasteiger partial charge in [-0.15, -0.1) is 0 Å². The second-order valence-corrected chi connectivity index (χ2v) is 10.2. The van der Waals surface area contributed by atoms with Gasteiger partial charge in [0.25, 0.3) is 5.91 Å². The monoisotopic (exact) mass is 525 g/mol. The first-order valence-electron chi connectivity index (χ1n) is 12.4. The van der Waals surface area contributed by atoms with E-state index in [9.17, 15) is 9.59 Å².